The smallest absolute Gasteiger partial charge is 0.0999 e. The number of fused-ring (bicyclic) bond motifs is 1. The highest BCUT2D eigenvalue weighted by Gasteiger charge is 2.13. The van der Waals surface area contributed by atoms with Crippen molar-refractivity contribution in [1.29, 1.82) is 0 Å². The van der Waals surface area contributed by atoms with Gasteiger partial charge >= 0.3 is 0 Å². The van der Waals surface area contributed by atoms with Crippen LogP contribution >= 0.6 is 11.6 Å². The minimum absolute atomic E-state index is 0.700. The van der Waals surface area contributed by atoms with Gasteiger partial charge in [0.05, 0.1) is 11.2 Å². The predicted octanol–water partition coefficient (Wildman–Crippen LogP) is 4.95. The Balaban J connectivity index is 1.96. The molecular formula is C18H12ClN3. The molecule has 0 fully saturated rings. The Morgan fingerprint density at radius 3 is 2.73 bits per heavy atom. The van der Waals surface area contributed by atoms with E-state index in [9.17, 15) is 0 Å². The molecule has 0 amide bonds. The number of para-hydroxylation sites is 1. The predicted molar refractivity (Wildman–Crippen MR) is 89.8 cm³/mol. The number of nitrogens with one attached hydrogen (secondary N) is 1. The van der Waals surface area contributed by atoms with E-state index in [4.69, 9.17) is 11.6 Å². The van der Waals surface area contributed by atoms with E-state index in [2.05, 4.69) is 21.2 Å². The molecule has 3 nitrogen and oxygen atoms in total. The van der Waals surface area contributed by atoms with Gasteiger partial charge in [-0.1, -0.05) is 41.9 Å². The topological polar surface area (TPSA) is 41.6 Å². The number of nitrogens with zero attached hydrogens (tertiary/aromatic N) is 2. The molecule has 0 aliphatic rings. The van der Waals surface area contributed by atoms with Gasteiger partial charge in [0.15, 0.2) is 0 Å². The van der Waals surface area contributed by atoms with Gasteiger partial charge in [-0.2, -0.15) is 5.10 Å². The summed E-state index contributed by atoms with van der Waals surface area (Å²) < 4.78 is 0. The van der Waals surface area contributed by atoms with Gasteiger partial charge in [-0.3, -0.25) is 10.1 Å². The molecule has 0 unspecified atom stereocenters. The highest BCUT2D eigenvalue weighted by molar-refractivity contribution is 6.30. The highest BCUT2D eigenvalue weighted by atomic mass is 35.5. The van der Waals surface area contributed by atoms with Crippen LogP contribution in [0.5, 0.6) is 0 Å². The first-order valence-corrected chi connectivity index (χ1v) is 7.34. The fourth-order valence-electron chi connectivity index (χ4n) is 2.68. The molecule has 0 atom stereocenters. The van der Waals surface area contributed by atoms with Gasteiger partial charge in [-0.05, 0) is 29.8 Å². The van der Waals surface area contributed by atoms with Crippen molar-refractivity contribution < 1.29 is 0 Å². The van der Waals surface area contributed by atoms with Gasteiger partial charge in [0.25, 0.3) is 0 Å². The molecule has 2 aromatic heterocycles. The fraction of sp³-hybridized carbons (Fsp3) is 0. The zero-order chi connectivity index (χ0) is 14.9. The lowest BCUT2D eigenvalue weighted by Gasteiger charge is -2.07. The van der Waals surface area contributed by atoms with E-state index in [1.165, 1.54) is 0 Å². The molecule has 22 heavy (non-hydrogen) atoms. The molecule has 4 aromatic rings. The van der Waals surface area contributed by atoms with Crippen molar-refractivity contribution in [2.75, 3.05) is 0 Å². The minimum Gasteiger partial charge on any atom is -0.284 e. The fourth-order valence-corrected chi connectivity index (χ4v) is 2.87. The number of hydrogen-bond acceptors (Lipinski definition) is 2. The number of pyridine rings is 1. The van der Waals surface area contributed by atoms with Gasteiger partial charge in [0, 0.05) is 33.9 Å². The number of halogens is 1. The normalized spacial score (nSPS) is 11.0. The molecule has 2 heterocycles. The lowest BCUT2D eigenvalue weighted by molar-refractivity contribution is 1.10. The second-order valence-corrected chi connectivity index (χ2v) is 5.47. The lowest BCUT2D eigenvalue weighted by Crippen LogP contribution is -1.86. The van der Waals surface area contributed by atoms with Gasteiger partial charge in [0.1, 0.15) is 0 Å². The Morgan fingerprint density at radius 2 is 1.82 bits per heavy atom. The highest BCUT2D eigenvalue weighted by Crippen LogP contribution is 2.34. The maximum absolute atomic E-state index is 6.11. The van der Waals surface area contributed by atoms with Gasteiger partial charge < -0.3 is 0 Å². The Labute approximate surface area is 132 Å². The Kier molecular flexibility index (Phi) is 3.13. The van der Waals surface area contributed by atoms with Crippen LogP contribution in [0.3, 0.4) is 0 Å². The standard InChI is InChI=1S/C18H12ClN3/c19-13-5-3-4-12(10-13)18-16(11-21-22-18)14-8-9-20-17-7-2-1-6-15(14)17/h1-11H,(H,21,22). The average Bonchev–Trinajstić information content (AvgIpc) is 3.04. The van der Waals surface area contributed by atoms with E-state index in [1.807, 2.05) is 60.9 Å². The largest absolute Gasteiger partial charge is 0.284 e. The Morgan fingerprint density at radius 1 is 0.909 bits per heavy atom. The Hall–Kier alpha value is -2.65. The quantitative estimate of drug-likeness (QED) is 0.569. The number of rotatable bonds is 2. The van der Waals surface area contributed by atoms with E-state index >= 15 is 0 Å². The number of aromatic amines is 1. The maximum atomic E-state index is 6.11. The molecule has 0 bridgehead atoms. The van der Waals surface area contributed by atoms with Crippen molar-refractivity contribution in [2.45, 2.75) is 0 Å². The molecule has 4 rings (SSSR count). The van der Waals surface area contributed by atoms with Crippen molar-refractivity contribution in [1.82, 2.24) is 15.2 Å². The molecular weight excluding hydrogens is 294 g/mol. The van der Waals surface area contributed by atoms with Crippen LogP contribution in [0.4, 0.5) is 0 Å². The van der Waals surface area contributed by atoms with E-state index in [0.29, 0.717) is 5.02 Å². The van der Waals surface area contributed by atoms with E-state index in [0.717, 1.165) is 33.3 Å². The molecule has 0 saturated carbocycles. The third-order valence-electron chi connectivity index (χ3n) is 3.68. The van der Waals surface area contributed by atoms with E-state index in [-0.39, 0.29) is 0 Å². The maximum Gasteiger partial charge on any atom is 0.0999 e. The molecule has 0 aliphatic heterocycles. The number of hydrogen-bond donors (Lipinski definition) is 1. The van der Waals surface area contributed by atoms with Crippen molar-refractivity contribution in [2.24, 2.45) is 0 Å². The SMILES string of the molecule is Clc1cccc(-c2n[nH]cc2-c2ccnc3ccccc23)c1. The monoisotopic (exact) mass is 305 g/mol. The molecule has 0 radical (unpaired) electrons. The first-order chi connectivity index (χ1) is 10.8. The summed E-state index contributed by atoms with van der Waals surface area (Å²) in [7, 11) is 0. The Bertz CT molecular complexity index is 954. The molecule has 0 aliphatic carbocycles. The van der Waals surface area contributed by atoms with Crippen LogP contribution < -0.4 is 0 Å². The third-order valence-corrected chi connectivity index (χ3v) is 3.91. The van der Waals surface area contributed by atoms with Crippen LogP contribution in [0.15, 0.2) is 67.0 Å². The summed E-state index contributed by atoms with van der Waals surface area (Å²) in [5, 5.41) is 9.18. The summed E-state index contributed by atoms with van der Waals surface area (Å²) in [5.74, 6) is 0. The van der Waals surface area contributed by atoms with Crippen LogP contribution in [0, 0.1) is 0 Å². The van der Waals surface area contributed by atoms with Crippen molar-refractivity contribution in [3.63, 3.8) is 0 Å². The van der Waals surface area contributed by atoms with Gasteiger partial charge in [0.2, 0.25) is 0 Å². The minimum atomic E-state index is 0.700. The summed E-state index contributed by atoms with van der Waals surface area (Å²) in [6.45, 7) is 0. The second kappa shape index (κ2) is 5.28. The number of benzene rings is 2. The van der Waals surface area contributed by atoms with Crippen LogP contribution in [0.2, 0.25) is 5.02 Å². The molecule has 2 aromatic carbocycles. The zero-order valence-corrected chi connectivity index (χ0v) is 12.4. The lowest BCUT2D eigenvalue weighted by atomic mass is 9.99. The van der Waals surface area contributed by atoms with Crippen molar-refractivity contribution in [3.05, 3.63) is 72.0 Å². The van der Waals surface area contributed by atoms with E-state index in [1.54, 1.807) is 0 Å². The first-order valence-electron chi connectivity index (χ1n) is 6.97. The number of aromatic nitrogens is 3. The summed E-state index contributed by atoms with van der Waals surface area (Å²) >= 11 is 6.11. The first kappa shape index (κ1) is 13.0. The molecule has 0 spiro atoms. The third kappa shape index (κ3) is 2.16. The summed E-state index contributed by atoms with van der Waals surface area (Å²) in [6.07, 6.45) is 3.74. The van der Waals surface area contributed by atoms with Gasteiger partial charge in [-0.25, -0.2) is 0 Å². The van der Waals surface area contributed by atoms with E-state index < -0.39 is 0 Å². The molecule has 0 saturated heterocycles. The van der Waals surface area contributed by atoms with Crippen molar-refractivity contribution >= 4 is 22.5 Å². The van der Waals surface area contributed by atoms with Crippen LogP contribution in [0.1, 0.15) is 0 Å². The molecule has 106 valence electrons. The molecule has 1 N–H and O–H groups in total. The zero-order valence-electron chi connectivity index (χ0n) is 11.6. The van der Waals surface area contributed by atoms with Gasteiger partial charge in [-0.15, -0.1) is 0 Å². The van der Waals surface area contributed by atoms with Crippen LogP contribution in [-0.2, 0) is 0 Å². The van der Waals surface area contributed by atoms with Crippen molar-refractivity contribution in [3.8, 4) is 22.4 Å². The average molecular weight is 306 g/mol. The van der Waals surface area contributed by atoms with Crippen LogP contribution in [-0.4, -0.2) is 15.2 Å². The summed E-state index contributed by atoms with van der Waals surface area (Å²) in [5.41, 5.74) is 5.00. The summed E-state index contributed by atoms with van der Waals surface area (Å²) in [4.78, 5) is 4.42. The second-order valence-electron chi connectivity index (χ2n) is 5.03. The molecule has 4 heteroatoms. The number of H-pyrrole nitrogens is 1. The summed E-state index contributed by atoms with van der Waals surface area (Å²) in [6, 6.07) is 17.8. The van der Waals surface area contributed by atoms with Crippen LogP contribution in [0.25, 0.3) is 33.3 Å².